The summed E-state index contributed by atoms with van der Waals surface area (Å²) in [6.45, 7) is 2.57. The fourth-order valence-electron chi connectivity index (χ4n) is 4.38. The first-order chi connectivity index (χ1) is 17.5. The minimum absolute atomic E-state index is 0.0923. The van der Waals surface area contributed by atoms with Gasteiger partial charge in [0.1, 0.15) is 0 Å². The maximum absolute atomic E-state index is 12.8. The number of amides is 1. The molecule has 5 rings (SSSR count). The monoisotopic (exact) mass is 503 g/mol. The number of carboxylic acid groups (broad SMARTS) is 1. The lowest BCUT2D eigenvalue weighted by molar-refractivity contribution is -0.133. The SMILES string of the molecule is CCC1NN(Cc2ccc(-c3ccccc3-c3nnn[nH]3)cc2)C(=NC(=O)C2=C(C(=O)O)CCC2)S1. The lowest BCUT2D eigenvalue weighted by Gasteiger charge is -2.19. The van der Waals surface area contributed by atoms with Crippen molar-refractivity contribution >= 4 is 28.8 Å². The van der Waals surface area contributed by atoms with Crippen molar-refractivity contribution in [1.82, 2.24) is 31.1 Å². The number of thioether (sulfide) groups is 1. The Balaban J connectivity index is 1.36. The molecule has 11 heteroatoms. The van der Waals surface area contributed by atoms with Gasteiger partial charge in [0.2, 0.25) is 0 Å². The van der Waals surface area contributed by atoms with E-state index in [1.165, 1.54) is 11.8 Å². The van der Waals surface area contributed by atoms with Gasteiger partial charge in [-0.25, -0.2) is 15.3 Å². The van der Waals surface area contributed by atoms with E-state index in [0.717, 1.165) is 28.7 Å². The zero-order valence-electron chi connectivity index (χ0n) is 19.6. The number of benzene rings is 2. The first-order valence-electron chi connectivity index (χ1n) is 11.7. The zero-order valence-corrected chi connectivity index (χ0v) is 20.5. The van der Waals surface area contributed by atoms with Crippen LogP contribution in [0.1, 0.15) is 38.2 Å². The van der Waals surface area contributed by atoms with Gasteiger partial charge < -0.3 is 5.11 Å². The molecule has 1 saturated heterocycles. The van der Waals surface area contributed by atoms with Crippen molar-refractivity contribution in [3.63, 3.8) is 0 Å². The highest BCUT2D eigenvalue weighted by Crippen LogP contribution is 2.32. The van der Waals surface area contributed by atoms with E-state index in [1.54, 1.807) is 0 Å². The molecule has 1 aliphatic heterocycles. The van der Waals surface area contributed by atoms with Crippen molar-refractivity contribution in [1.29, 1.82) is 0 Å². The number of carbonyl (C=O) groups is 2. The van der Waals surface area contributed by atoms with Gasteiger partial charge in [0.25, 0.3) is 5.91 Å². The molecular weight excluding hydrogens is 478 g/mol. The van der Waals surface area contributed by atoms with Crippen LogP contribution in [-0.4, -0.2) is 53.2 Å². The number of aliphatic carboxylic acids is 1. The molecule has 0 radical (unpaired) electrons. The fourth-order valence-corrected chi connectivity index (χ4v) is 5.36. The van der Waals surface area contributed by atoms with Gasteiger partial charge in [0, 0.05) is 16.7 Å². The summed E-state index contributed by atoms with van der Waals surface area (Å²) in [4.78, 5) is 28.7. The van der Waals surface area contributed by atoms with E-state index in [0.29, 0.717) is 42.4 Å². The van der Waals surface area contributed by atoms with E-state index in [1.807, 2.05) is 53.5 Å². The molecule has 1 aliphatic carbocycles. The van der Waals surface area contributed by atoms with Crippen LogP contribution in [0, 0.1) is 0 Å². The molecule has 0 bridgehead atoms. The number of carbonyl (C=O) groups excluding carboxylic acids is 1. The largest absolute Gasteiger partial charge is 0.478 e. The first kappa shape index (κ1) is 23.9. The van der Waals surface area contributed by atoms with Crippen LogP contribution in [0.5, 0.6) is 0 Å². The summed E-state index contributed by atoms with van der Waals surface area (Å²) < 4.78 is 0. The smallest absolute Gasteiger partial charge is 0.332 e. The minimum atomic E-state index is -1.03. The molecule has 10 nitrogen and oxygen atoms in total. The number of nitrogens with zero attached hydrogens (tertiary/aromatic N) is 5. The molecule has 184 valence electrons. The molecule has 1 amide bonds. The Labute approximate surface area is 211 Å². The number of hydrogen-bond acceptors (Lipinski definition) is 7. The second-order valence-corrected chi connectivity index (χ2v) is 9.71. The Morgan fingerprint density at radius 3 is 2.56 bits per heavy atom. The average Bonchev–Trinajstić information content (AvgIpc) is 3.66. The van der Waals surface area contributed by atoms with Crippen molar-refractivity contribution in [3.05, 3.63) is 65.2 Å². The van der Waals surface area contributed by atoms with E-state index in [4.69, 9.17) is 0 Å². The third-order valence-electron chi connectivity index (χ3n) is 6.21. The topological polar surface area (TPSA) is 136 Å². The normalized spacial score (nSPS) is 18.9. The Morgan fingerprint density at radius 1 is 1.11 bits per heavy atom. The number of hydrazine groups is 1. The van der Waals surface area contributed by atoms with Crippen LogP contribution in [0.3, 0.4) is 0 Å². The van der Waals surface area contributed by atoms with Gasteiger partial charge in [-0.2, -0.15) is 4.99 Å². The van der Waals surface area contributed by atoms with Crippen LogP contribution in [0.15, 0.2) is 64.7 Å². The molecule has 1 atom stereocenters. The molecule has 36 heavy (non-hydrogen) atoms. The van der Waals surface area contributed by atoms with E-state index < -0.39 is 11.9 Å². The Bertz CT molecular complexity index is 1340. The van der Waals surface area contributed by atoms with Crippen molar-refractivity contribution in [2.24, 2.45) is 4.99 Å². The molecule has 2 heterocycles. The fraction of sp³-hybridized carbons (Fsp3) is 0.280. The number of rotatable bonds is 7. The Hall–Kier alpha value is -3.83. The predicted octanol–water partition coefficient (Wildman–Crippen LogP) is 3.77. The zero-order chi connectivity index (χ0) is 25.1. The minimum Gasteiger partial charge on any atom is -0.478 e. The number of aromatic nitrogens is 4. The van der Waals surface area contributed by atoms with Gasteiger partial charge in [0.05, 0.1) is 11.9 Å². The summed E-state index contributed by atoms with van der Waals surface area (Å²) in [6, 6.07) is 16.1. The third-order valence-corrected chi connectivity index (χ3v) is 7.46. The summed E-state index contributed by atoms with van der Waals surface area (Å²) in [7, 11) is 0. The Morgan fingerprint density at radius 2 is 1.86 bits per heavy atom. The highest BCUT2D eigenvalue weighted by molar-refractivity contribution is 8.14. The van der Waals surface area contributed by atoms with Gasteiger partial charge >= 0.3 is 5.97 Å². The second kappa shape index (κ2) is 10.4. The van der Waals surface area contributed by atoms with Crippen LogP contribution < -0.4 is 5.43 Å². The molecule has 1 fully saturated rings. The van der Waals surface area contributed by atoms with Gasteiger partial charge in [-0.1, -0.05) is 67.2 Å². The maximum atomic E-state index is 12.8. The van der Waals surface area contributed by atoms with Gasteiger partial charge in [-0.05, 0) is 52.8 Å². The van der Waals surface area contributed by atoms with Crippen molar-refractivity contribution in [3.8, 4) is 22.5 Å². The van der Waals surface area contributed by atoms with E-state index in [9.17, 15) is 14.7 Å². The summed E-state index contributed by atoms with van der Waals surface area (Å²) in [5, 5.41) is 26.1. The van der Waals surface area contributed by atoms with Crippen LogP contribution in [0.4, 0.5) is 0 Å². The van der Waals surface area contributed by atoms with Crippen molar-refractivity contribution in [2.45, 2.75) is 44.5 Å². The van der Waals surface area contributed by atoms with Crippen LogP contribution in [0.2, 0.25) is 0 Å². The molecule has 1 unspecified atom stereocenters. The predicted molar refractivity (Wildman–Crippen MR) is 136 cm³/mol. The number of H-pyrrole nitrogens is 1. The van der Waals surface area contributed by atoms with E-state index in [2.05, 4.69) is 38.0 Å². The van der Waals surface area contributed by atoms with Crippen molar-refractivity contribution in [2.75, 3.05) is 0 Å². The number of aromatic amines is 1. The van der Waals surface area contributed by atoms with Crippen LogP contribution >= 0.6 is 11.8 Å². The average molecular weight is 504 g/mol. The molecule has 3 aromatic rings. The number of nitrogens with one attached hydrogen (secondary N) is 2. The van der Waals surface area contributed by atoms with Crippen LogP contribution in [-0.2, 0) is 16.1 Å². The van der Waals surface area contributed by atoms with Gasteiger partial charge in [0.15, 0.2) is 11.0 Å². The summed E-state index contributed by atoms with van der Waals surface area (Å²) in [5.41, 5.74) is 7.89. The van der Waals surface area contributed by atoms with E-state index in [-0.39, 0.29) is 10.9 Å². The lowest BCUT2D eigenvalue weighted by atomic mass is 9.98. The first-order valence-corrected chi connectivity index (χ1v) is 12.6. The quantitative estimate of drug-likeness (QED) is 0.440. The number of tetrazole rings is 1. The molecular formula is C25H25N7O3S. The summed E-state index contributed by atoms with van der Waals surface area (Å²) in [6.07, 6.45) is 2.39. The molecule has 3 N–H and O–H groups in total. The number of hydrogen-bond donors (Lipinski definition) is 3. The lowest BCUT2D eigenvalue weighted by Crippen LogP contribution is -2.37. The molecule has 2 aliphatic rings. The number of amidine groups is 1. The van der Waals surface area contributed by atoms with Crippen LogP contribution in [0.25, 0.3) is 22.5 Å². The van der Waals surface area contributed by atoms with Gasteiger partial charge in [-0.3, -0.25) is 9.80 Å². The number of carboxylic acids is 1. The number of aliphatic imine (C=N–C) groups is 1. The summed E-state index contributed by atoms with van der Waals surface area (Å²) >= 11 is 1.49. The standard InChI is InChI=1S/C25H25N7O3S/c1-2-21-29-32(25(36-21)26-23(33)19-8-5-9-20(19)24(34)35)14-15-10-12-16(13-11-15)17-6-3-4-7-18(17)22-27-30-31-28-22/h3-4,6-7,10-13,21,29H,2,5,8-9,14H2,1H3,(H,34,35)(H,27,28,30,31). The molecule has 1 aromatic heterocycles. The highest BCUT2D eigenvalue weighted by Gasteiger charge is 2.30. The maximum Gasteiger partial charge on any atom is 0.332 e. The Kier molecular flexibility index (Phi) is 6.92. The van der Waals surface area contributed by atoms with E-state index >= 15 is 0 Å². The molecule has 2 aromatic carbocycles. The second-order valence-electron chi connectivity index (χ2n) is 8.54. The highest BCUT2D eigenvalue weighted by atomic mass is 32.2. The van der Waals surface area contributed by atoms with Crippen molar-refractivity contribution < 1.29 is 14.7 Å². The third kappa shape index (κ3) is 4.93. The summed E-state index contributed by atoms with van der Waals surface area (Å²) in [5.74, 6) is -0.880. The molecule has 0 spiro atoms. The van der Waals surface area contributed by atoms with Gasteiger partial charge in [-0.15, -0.1) is 5.10 Å². The molecule has 0 saturated carbocycles.